The minimum atomic E-state index is -4.51. The average molecular weight is 761 g/mol. The molecule has 1 unspecified atom stereocenters. The van der Waals surface area contributed by atoms with Crippen molar-refractivity contribution in [3.05, 3.63) is 24.3 Å². The summed E-state index contributed by atoms with van der Waals surface area (Å²) in [6, 6.07) is 0. The Balaban J connectivity index is 4.18. The second-order valence-corrected chi connectivity index (χ2v) is 15.8. The Labute approximate surface area is 319 Å². The molecule has 52 heavy (non-hydrogen) atoms. The first-order valence-electron chi connectivity index (χ1n) is 21.3. The zero-order valence-corrected chi connectivity index (χ0v) is 34.4. The SMILES string of the molecule is CCCCC/C=C\C/C=C\CCCCCCCCCC(=O)O[C@H](COCCCCCCCCCCCCCCCC)COP(=O)(O)OC[C@@H](O)CO. The third-order valence-electron chi connectivity index (χ3n) is 9.14. The van der Waals surface area contributed by atoms with E-state index in [1.165, 1.54) is 122 Å². The molecule has 0 aliphatic heterocycles. The fourth-order valence-electron chi connectivity index (χ4n) is 5.86. The van der Waals surface area contributed by atoms with Crippen LogP contribution in [0.1, 0.15) is 194 Å². The van der Waals surface area contributed by atoms with Crippen LogP contribution < -0.4 is 0 Å². The number of aliphatic hydroxyl groups is 2. The van der Waals surface area contributed by atoms with Crippen LogP contribution in [-0.4, -0.2) is 66.3 Å². The molecule has 0 bridgehead atoms. The first-order valence-corrected chi connectivity index (χ1v) is 22.8. The highest BCUT2D eigenvalue weighted by Crippen LogP contribution is 2.43. The van der Waals surface area contributed by atoms with Crippen molar-refractivity contribution in [1.82, 2.24) is 0 Å². The Kier molecular flexibility index (Phi) is 38.8. The Morgan fingerprint density at radius 3 is 1.58 bits per heavy atom. The van der Waals surface area contributed by atoms with Crippen molar-refractivity contribution in [2.45, 2.75) is 206 Å². The number of phosphoric acid groups is 1. The lowest BCUT2D eigenvalue weighted by Crippen LogP contribution is -2.29. The summed E-state index contributed by atoms with van der Waals surface area (Å²) in [5.41, 5.74) is 0. The quantitative estimate of drug-likeness (QED) is 0.0241. The predicted molar refractivity (Wildman–Crippen MR) is 214 cm³/mol. The number of carbonyl (C=O) groups excluding carboxylic acids is 1. The van der Waals surface area contributed by atoms with Crippen LogP contribution in [0, 0.1) is 0 Å². The van der Waals surface area contributed by atoms with Crippen LogP contribution in [0.5, 0.6) is 0 Å². The summed E-state index contributed by atoms with van der Waals surface area (Å²) in [4.78, 5) is 22.5. The monoisotopic (exact) mass is 761 g/mol. The minimum absolute atomic E-state index is 0.0500. The second kappa shape index (κ2) is 39.6. The smallest absolute Gasteiger partial charge is 0.457 e. The van der Waals surface area contributed by atoms with Crippen LogP contribution in [0.3, 0.4) is 0 Å². The maximum absolute atomic E-state index is 12.6. The average Bonchev–Trinajstić information content (AvgIpc) is 3.13. The van der Waals surface area contributed by atoms with Crippen LogP contribution in [0.2, 0.25) is 0 Å². The molecule has 10 heteroatoms. The van der Waals surface area contributed by atoms with E-state index in [1.807, 2.05) is 0 Å². The molecular formula is C42H81O9P. The highest BCUT2D eigenvalue weighted by Gasteiger charge is 2.26. The molecule has 3 N–H and O–H groups in total. The van der Waals surface area contributed by atoms with Gasteiger partial charge in [-0.15, -0.1) is 0 Å². The number of allylic oxidation sites excluding steroid dienone is 4. The van der Waals surface area contributed by atoms with Gasteiger partial charge in [0.1, 0.15) is 12.2 Å². The third-order valence-corrected chi connectivity index (χ3v) is 10.1. The van der Waals surface area contributed by atoms with E-state index < -0.39 is 33.2 Å². The van der Waals surface area contributed by atoms with E-state index in [9.17, 15) is 19.4 Å². The summed E-state index contributed by atoms with van der Waals surface area (Å²) >= 11 is 0. The van der Waals surface area contributed by atoms with Crippen molar-refractivity contribution in [3.8, 4) is 0 Å². The molecular weight excluding hydrogens is 679 g/mol. The number of phosphoric ester groups is 1. The number of hydrogen-bond donors (Lipinski definition) is 3. The zero-order valence-electron chi connectivity index (χ0n) is 33.5. The van der Waals surface area contributed by atoms with Gasteiger partial charge < -0.3 is 24.6 Å². The lowest BCUT2D eigenvalue weighted by atomic mass is 10.0. The van der Waals surface area contributed by atoms with Crippen molar-refractivity contribution in [2.24, 2.45) is 0 Å². The molecule has 0 saturated heterocycles. The molecule has 0 heterocycles. The summed E-state index contributed by atoms with van der Waals surface area (Å²) < 4.78 is 33.3. The van der Waals surface area contributed by atoms with Crippen molar-refractivity contribution in [1.29, 1.82) is 0 Å². The van der Waals surface area contributed by atoms with Crippen LogP contribution in [0.4, 0.5) is 0 Å². The van der Waals surface area contributed by atoms with Crippen molar-refractivity contribution < 1.29 is 43.0 Å². The van der Waals surface area contributed by atoms with Gasteiger partial charge in [0.05, 0.1) is 26.4 Å². The van der Waals surface area contributed by atoms with Gasteiger partial charge in [0.2, 0.25) is 0 Å². The normalized spacial score (nSPS) is 14.3. The van der Waals surface area contributed by atoms with Crippen LogP contribution >= 0.6 is 7.82 Å². The molecule has 0 saturated carbocycles. The second-order valence-electron chi connectivity index (χ2n) is 14.4. The van der Waals surface area contributed by atoms with E-state index in [4.69, 9.17) is 23.6 Å². The minimum Gasteiger partial charge on any atom is -0.457 e. The largest absolute Gasteiger partial charge is 0.472 e. The summed E-state index contributed by atoms with van der Waals surface area (Å²) in [6.07, 6.45) is 39.8. The van der Waals surface area contributed by atoms with Gasteiger partial charge in [-0.05, 0) is 44.9 Å². The van der Waals surface area contributed by atoms with Gasteiger partial charge in [0.15, 0.2) is 0 Å². The highest BCUT2D eigenvalue weighted by molar-refractivity contribution is 7.47. The van der Waals surface area contributed by atoms with E-state index >= 15 is 0 Å². The maximum Gasteiger partial charge on any atom is 0.472 e. The fraction of sp³-hybridized carbons (Fsp3) is 0.881. The molecule has 0 rings (SSSR count). The molecule has 0 aliphatic carbocycles. The molecule has 0 aromatic heterocycles. The summed E-state index contributed by atoms with van der Waals surface area (Å²) in [7, 11) is -4.51. The Morgan fingerprint density at radius 2 is 1.04 bits per heavy atom. The Morgan fingerprint density at radius 1 is 0.596 bits per heavy atom. The molecule has 0 spiro atoms. The van der Waals surface area contributed by atoms with Gasteiger partial charge in [0, 0.05) is 13.0 Å². The van der Waals surface area contributed by atoms with Gasteiger partial charge in [-0.3, -0.25) is 13.8 Å². The lowest BCUT2D eigenvalue weighted by Gasteiger charge is -2.20. The Hall–Kier alpha value is -1.06. The van der Waals surface area contributed by atoms with Gasteiger partial charge in [-0.25, -0.2) is 4.57 Å². The van der Waals surface area contributed by atoms with Gasteiger partial charge >= 0.3 is 13.8 Å². The van der Waals surface area contributed by atoms with Crippen molar-refractivity contribution >= 4 is 13.8 Å². The van der Waals surface area contributed by atoms with E-state index in [0.29, 0.717) is 6.61 Å². The lowest BCUT2D eigenvalue weighted by molar-refractivity contribution is -0.154. The number of aliphatic hydroxyl groups excluding tert-OH is 2. The number of unbranched alkanes of at least 4 members (excludes halogenated alkanes) is 23. The van der Waals surface area contributed by atoms with E-state index in [0.717, 1.165) is 51.4 Å². The number of ether oxygens (including phenoxy) is 2. The standard InChI is InChI=1S/C42H81O9P/c1-3-5-7-9-11-13-15-17-19-20-21-22-24-26-28-30-32-34-42(45)51-41(39-50-52(46,47)49-37-40(44)36-43)38-48-35-33-31-29-27-25-23-18-16-14-12-10-8-6-4-2/h11,13,17,19,40-41,43-44H,3-10,12,14-16,18,20-39H2,1-2H3,(H,46,47)/b13-11-,19-17-/t40-,41+/m0/s1. The maximum atomic E-state index is 12.6. The fourth-order valence-corrected chi connectivity index (χ4v) is 6.65. The van der Waals surface area contributed by atoms with Crippen LogP contribution in [-0.2, 0) is 27.9 Å². The molecule has 9 nitrogen and oxygen atoms in total. The van der Waals surface area contributed by atoms with E-state index in [1.54, 1.807) is 0 Å². The van der Waals surface area contributed by atoms with E-state index in [-0.39, 0.29) is 25.6 Å². The van der Waals surface area contributed by atoms with Crippen LogP contribution in [0.15, 0.2) is 24.3 Å². The molecule has 0 fully saturated rings. The van der Waals surface area contributed by atoms with Gasteiger partial charge in [-0.1, -0.05) is 167 Å². The summed E-state index contributed by atoms with van der Waals surface area (Å²) in [6.45, 7) is 3.51. The highest BCUT2D eigenvalue weighted by atomic mass is 31.2. The van der Waals surface area contributed by atoms with Gasteiger partial charge in [0.25, 0.3) is 0 Å². The molecule has 3 atom stereocenters. The number of carbonyl (C=O) groups is 1. The zero-order chi connectivity index (χ0) is 38.2. The third kappa shape index (κ3) is 38.7. The molecule has 0 aromatic carbocycles. The first-order chi connectivity index (χ1) is 25.3. The Bertz CT molecular complexity index is 866. The molecule has 308 valence electrons. The predicted octanol–water partition coefficient (Wildman–Crippen LogP) is 11.5. The molecule has 0 aromatic rings. The van der Waals surface area contributed by atoms with Crippen molar-refractivity contribution in [3.63, 3.8) is 0 Å². The van der Waals surface area contributed by atoms with Crippen LogP contribution in [0.25, 0.3) is 0 Å². The summed E-state index contributed by atoms with van der Waals surface area (Å²) in [5, 5.41) is 18.3. The topological polar surface area (TPSA) is 132 Å². The van der Waals surface area contributed by atoms with Crippen molar-refractivity contribution in [2.75, 3.05) is 33.0 Å². The van der Waals surface area contributed by atoms with E-state index in [2.05, 4.69) is 38.2 Å². The molecule has 0 amide bonds. The first kappa shape index (κ1) is 50.9. The molecule has 0 radical (unpaired) electrons. The number of hydrogen-bond acceptors (Lipinski definition) is 8. The number of rotatable bonds is 41. The van der Waals surface area contributed by atoms with Gasteiger partial charge in [-0.2, -0.15) is 0 Å². The number of esters is 1. The summed E-state index contributed by atoms with van der Waals surface area (Å²) in [5.74, 6) is -0.388. The molecule has 0 aliphatic rings.